The molecule has 10 nitrogen and oxygen atoms in total. The van der Waals surface area contributed by atoms with Gasteiger partial charge in [0.15, 0.2) is 0 Å². The summed E-state index contributed by atoms with van der Waals surface area (Å²) >= 11 is 0. The van der Waals surface area contributed by atoms with Crippen LogP contribution in [0.15, 0.2) is 0 Å². The Morgan fingerprint density at radius 2 is 1.65 bits per heavy atom. The van der Waals surface area contributed by atoms with Crippen LogP contribution in [0.3, 0.4) is 0 Å². The molecule has 1 fully saturated rings. The topological polar surface area (TPSA) is 140 Å². The van der Waals surface area contributed by atoms with Crippen LogP contribution in [-0.4, -0.2) is 71.6 Å². The lowest BCUT2D eigenvalue weighted by atomic mass is 10.4. The number of carbonyl (C=O) groups is 4. The fraction of sp³-hybridized carbons (Fsp3) is 0.692. The summed E-state index contributed by atoms with van der Waals surface area (Å²) in [5, 5.41) is 17.9. The summed E-state index contributed by atoms with van der Waals surface area (Å²) < 4.78 is 9.66. The summed E-state index contributed by atoms with van der Waals surface area (Å²) in [6.07, 6.45) is -1.34. The Bertz CT molecular complexity index is 435. The van der Waals surface area contributed by atoms with E-state index in [1.807, 2.05) is 0 Å². The van der Waals surface area contributed by atoms with Crippen LogP contribution in [0.1, 0.15) is 25.7 Å². The Kier molecular flexibility index (Phi) is 8.16. The molecule has 0 spiro atoms. The molecule has 0 bridgehead atoms. The Hall–Kier alpha value is -2.04. The second-order valence-electron chi connectivity index (χ2n) is 4.68. The molecule has 0 aromatic heterocycles. The number of hydroxylamine groups is 2. The van der Waals surface area contributed by atoms with Gasteiger partial charge in [-0.3, -0.25) is 14.4 Å². The molecule has 1 aliphatic heterocycles. The molecular weight excluding hydrogens is 314 g/mol. The van der Waals surface area contributed by atoms with Crippen LogP contribution in [0.2, 0.25) is 0 Å². The van der Waals surface area contributed by atoms with E-state index in [0.717, 1.165) is 0 Å². The van der Waals surface area contributed by atoms with Crippen molar-refractivity contribution in [3.8, 4) is 0 Å². The first-order valence-corrected chi connectivity index (χ1v) is 7.03. The molecule has 2 amide bonds. The van der Waals surface area contributed by atoms with Gasteiger partial charge in [-0.15, -0.1) is 5.06 Å². The van der Waals surface area contributed by atoms with E-state index in [2.05, 4.69) is 9.57 Å². The monoisotopic (exact) mass is 333 g/mol. The number of aliphatic hydroxyl groups excluding tert-OH is 2. The zero-order valence-corrected chi connectivity index (χ0v) is 12.4. The molecule has 23 heavy (non-hydrogen) atoms. The predicted molar refractivity (Wildman–Crippen MR) is 71.3 cm³/mol. The maximum Gasteiger partial charge on any atom is 0.335 e. The third-order valence-corrected chi connectivity index (χ3v) is 2.75. The zero-order chi connectivity index (χ0) is 17.2. The molecule has 1 rings (SSSR count). The van der Waals surface area contributed by atoms with Crippen LogP contribution in [0.4, 0.5) is 0 Å². The quantitative estimate of drug-likeness (QED) is 0.271. The third-order valence-electron chi connectivity index (χ3n) is 2.75. The fourth-order valence-electron chi connectivity index (χ4n) is 1.53. The first-order chi connectivity index (χ1) is 10.9. The van der Waals surface area contributed by atoms with Crippen LogP contribution in [0.25, 0.3) is 0 Å². The Morgan fingerprint density at radius 1 is 1.09 bits per heavy atom. The summed E-state index contributed by atoms with van der Waals surface area (Å²) in [6.45, 7) is -0.877. The number of hydrogen-bond acceptors (Lipinski definition) is 9. The number of nitrogens with zero attached hydrogens (tertiary/aromatic N) is 1. The predicted octanol–water partition coefficient (Wildman–Crippen LogP) is -1.71. The smallest absolute Gasteiger partial charge is 0.335 e. The van der Waals surface area contributed by atoms with Crippen molar-refractivity contribution in [2.75, 3.05) is 26.4 Å². The number of amides is 2. The largest absolute Gasteiger partial charge is 0.463 e. The normalized spacial score (nSPS) is 15.7. The number of rotatable bonds is 10. The molecule has 1 saturated heterocycles. The highest BCUT2D eigenvalue weighted by molar-refractivity contribution is 6.01. The second-order valence-corrected chi connectivity index (χ2v) is 4.68. The second kappa shape index (κ2) is 9.87. The number of carbonyl (C=O) groups excluding carboxylic acids is 4. The Labute approximate surface area is 131 Å². The van der Waals surface area contributed by atoms with E-state index in [1.54, 1.807) is 0 Å². The Morgan fingerprint density at radius 3 is 2.22 bits per heavy atom. The van der Waals surface area contributed by atoms with Gasteiger partial charge in [-0.1, -0.05) is 0 Å². The zero-order valence-electron chi connectivity index (χ0n) is 12.4. The van der Waals surface area contributed by atoms with Crippen LogP contribution < -0.4 is 0 Å². The summed E-state index contributed by atoms with van der Waals surface area (Å²) in [4.78, 5) is 49.6. The average Bonchev–Trinajstić information content (AvgIpc) is 2.84. The van der Waals surface area contributed by atoms with Crippen LogP contribution in [-0.2, 0) is 33.5 Å². The molecule has 0 aliphatic carbocycles. The van der Waals surface area contributed by atoms with Crippen molar-refractivity contribution < 1.29 is 43.7 Å². The lowest BCUT2D eigenvalue weighted by molar-refractivity contribution is -0.198. The highest BCUT2D eigenvalue weighted by Gasteiger charge is 2.32. The van der Waals surface area contributed by atoms with Gasteiger partial charge < -0.3 is 24.5 Å². The van der Waals surface area contributed by atoms with E-state index in [-0.39, 0.29) is 45.5 Å². The highest BCUT2D eigenvalue weighted by atomic mass is 16.7. The first-order valence-electron chi connectivity index (χ1n) is 7.03. The third kappa shape index (κ3) is 7.17. The number of ether oxygens (including phenoxy) is 2. The van der Waals surface area contributed by atoms with Crippen LogP contribution in [0, 0.1) is 0 Å². The van der Waals surface area contributed by atoms with Crippen molar-refractivity contribution in [1.82, 2.24) is 5.06 Å². The van der Waals surface area contributed by atoms with Crippen molar-refractivity contribution in [1.29, 1.82) is 0 Å². The number of imide groups is 1. The van der Waals surface area contributed by atoms with Gasteiger partial charge in [0, 0.05) is 12.8 Å². The lowest BCUT2D eigenvalue weighted by Crippen LogP contribution is -2.32. The van der Waals surface area contributed by atoms with Gasteiger partial charge in [-0.2, -0.15) is 0 Å². The molecule has 0 unspecified atom stereocenters. The summed E-state index contributed by atoms with van der Waals surface area (Å²) in [7, 11) is 0. The Balaban J connectivity index is 2.06. The van der Waals surface area contributed by atoms with Gasteiger partial charge in [0.25, 0.3) is 11.8 Å². The molecule has 0 aromatic carbocycles. The van der Waals surface area contributed by atoms with Crippen LogP contribution >= 0.6 is 0 Å². The maximum atomic E-state index is 11.4. The first kappa shape index (κ1) is 19.0. The molecule has 1 aliphatic rings. The molecular formula is C13H19NO9. The van der Waals surface area contributed by atoms with E-state index < -0.39 is 36.5 Å². The summed E-state index contributed by atoms with van der Waals surface area (Å²) in [5.41, 5.74) is 0. The molecule has 2 N–H and O–H groups in total. The average molecular weight is 333 g/mol. The maximum absolute atomic E-state index is 11.4. The minimum atomic E-state index is -1.12. The molecule has 1 atom stereocenters. The minimum Gasteiger partial charge on any atom is -0.463 e. The van der Waals surface area contributed by atoms with Crippen molar-refractivity contribution in [3.05, 3.63) is 0 Å². The summed E-state index contributed by atoms with van der Waals surface area (Å²) in [5.74, 6) is -2.52. The molecule has 0 radical (unpaired) electrons. The number of hydrogen-bond donors (Lipinski definition) is 2. The van der Waals surface area contributed by atoms with Crippen LogP contribution in [0.5, 0.6) is 0 Å². The van der Waals surface area contributed by atoms with Gasteiger partial charge in [0.2, 0.25) is 0 Å². The van der Waals surface area contributed by atoms with Crippen molar-refractivity contribution in [2.45, 2.75) is 31.8 Å². The molecule has 0 aromatic rings. The van der Waals surface area contributed by atoms with Gasteiger partial charge in [-0.25, -0.2) is 4.79 Å². The van der Waals surface area contributed by atoms with E-state index in [0.29, 0.717) is 5.06 Å². The molecule has 10 heteroatoms. The number of aliphatic hydroxyl groups is 2. The minimum absolute atomic E-state index is 0.0110. The standard InChI is InChI=1S/C13H19NO9/c15-7-9(16)8-22-12(19)3-5-21-6-4-13(20)23-14-10(17)1-2-11(14)18/h9,15-16H,1-8H2/t9-/m0/s1. The molecule has 130 valence electrons. The van der Waals surface area contributed by atoms with E-state index in [4.69, 9.17) is 14.9 Å². The van der Waals surface area contributed by atoms with Crippen molar-refractivity contribution in [3.63, 3.8) is 0 Å². The van der Waals surface area contributed by atoms with Crippen molar-refractivity contribution in [2.24, 2.45) is 0 Å². The van der Waals surface area contributed by atoms with Gasteiger partial charge >= 0.3 is 11.9 Å². The van der Waals surface area contributed by atoms with E-state index in [1.165, 1.54) is 0 Å². The van der Waals surface area contributed by atoms with Gasteiger partial charge in [0.1, 0.15) is 12.7 Å². The van der Waals surface area contributed by atoms with Crippen molar-refractivity contribution >= 4 is 23.8 Å². The fourth-order valence-corrected chi connectivity index (χ4v) is 1.53. The highest BCUT2D eigenvalue weighted by Crippen LogP contribution is 2.12. The van der Waals surface area contributed by atoms with Gasteiger partial charge in [-0.05, 0) is 0 Å². The molecule has 1 heterocycles. The lowest BCUT2D eigenvalue weighted by Gasteiger charge is -2.12. The van der Waals surface area contributed by atoms with E-state index >= 15 is 0 Å². The SMILES string of the molecule is O=C(CCOCCC(=O)ON1C(=O)CCC1=O)OC[C@@H](O)CO. The molecule has 0 saturated carbocycles. The van der Waals surface area contributed by atoms with Gasteiger partial charge in [0.05, 0.1) is 32.7 Å². The number of esters is 1. The summed E-state index contributed by atoms with van der Waals surface area (Å²) in [6, 6.07) is 0. The van der Waals surface area contributed by atoms with E-state index in [9.17, 15) is 19.2 Å².